The molecule has 1 saturated heterocycles. The lowest BCUT2D eigenvalue weighted by molar-refractivity contribution is 0.0600. The van der Waals surface area contributed by atoms with Gasteiger partial charge in [0.05, 0.1) is 31.5 Å². The summed E-state index contributed by atoms with van der Waals surface area (Å²) in [5, 5.41) is 4.08. The van der Waals surface area contributed by atoms with Crippen LogP contribution in [0, 0.1) is 0 Å². The lowest BCUT2D eigenvalue weighted by Gasteiger charge is -2.26. The van der Waals surface area contributed by atoms with Crippen LogP contribution < -0.4 is 10.1 Å². The molecule has 8 heteroatoms. The summed E-state index contributed by atoms with van der Waals surface area (Å²) in [6, 6.07) is 24.4. The summed E-state index contributed by atoms with van der Waals surface area (Å²) in [5.74, 6) is 1.89. The lowest BCUT2D eigenvalue weighted by atomic mass is 10.0. The molecule has 0 spiro atoms. The van der Waals surface area contributed by atoms with Crippen molar-refractivity contribution >= 4 is 23.3 Å². The normalized spacial score (nSPS) is 17.1. The molecule has 0 bridgehead atoms. The van der Waals surface area contributed by atoms with Crippen molar-refractivity contribution in [3.8, 4) is 17.1 Å². The minimum absolute atomic E-state index is 0.183. The van der Waals surface area contributed by atoms with Gasteiger partial charge in [-0.05, 0) is 66.3 Å². The Balaban J connectivity index is 1.48. The average molecular weight is 500 g/mol. The van der Waals surface area contributed by atoms with E-state index < -0.39 is 0 Å². The largest absolute Gasteiger partial charge is 0.497 e. The van der Waals surface area contributed by atoms with E-state index in [-0.39, 0.29) is 18.1 Å². The van der Waals surface area contributed by atoms with Crippen molar-refractivity contribution in [2.45, 2.75) is 18.6 Å². The van der Waals surface area contributed by atoms with Crippen LogP contribution in [0.5, 0.6) is 5.75 Å². The molecule has 7 nitrogen and oxygen atoms in total. The number of rotatable bonds is 7. The average Bonchev–Trinajstić information content (AvgIpc) is 3.54. The topological polar surface area (TPSA) is 76.8 Å². The number of carbonyl (C=O) groups is 1. The summed E-state index contributed by atoms with van der Waals surface area (Å²) in [7, 11) is 3.02. The third-order valence-corrected chi connectivity index (χ3v) is 6.57. The molecule has 1 N–H and O–H groups in total. The summed E-state index contributed by atoms with van der Waals surface area (Å²) in [6.07, 6.45) is 1.78. The Morgan fingerprint density at radius 1 is 1.03 bits per heavy atom. The van der Waals surface area contributed by atoms with Crippen molar-refractivity contribution in [2.24, 2.45) is 0 Å². The molecule has 0 unspecified atom stereocenters. The van der Waals surface area contributed by atoms with E-state index in [0.29, 0.717) is 23.0 Å². The summed E-state index contributed by atoms with van der Waals surface area (Å²) in [6.45, 7) is 0.591. The molecule has 182 valence electrons. The molecule has 1 aliphatic rings. The van der Waals surface area contributed by atoms with Crippen LogP contribution in [0.2, 0.25) is 0 Å². The van der Waals surface area contributed by atoms with E-state index >= 15 is 0 Å². The number of hydrogen-bond acceptors (Lipinski definition) is 6. The highest BCUT2D eigenvalue weighted by atomic mass is 32.1. The molecule has 2 atom stereocenters. The second-order valence-electron chi connectivity index (χ2n) is 8.37. The fourth-order valence-corrected chi connectivity index (χ4v) is 4.67. The number of esters is 1. The number of carbonyl (C=O) groups excluding carboxylic acids is 1. The highest BCUT2D eigenvalue weighted by molar-refractivity contribution is 7.80. The predicted octanol–water partition coefficient (Wildman–Crippen LogP) is 5.31. The van der Waals surface area contributed by atoms with Gasteiger partial charge in [-0.2, -0.15) is 0 Å². The maximum atomic E-state index is 11.8. The van der Waals surface area contributed by atoms with Crippen LogP contribution in [-0.4, -0.2) is 35.2 Å². The molecule has 2 aromatic heterocycles. The fraction of sp³-hybridized carbons (Fsp3) is 0.179. The summed E-state index contributed by atoms with van der Waals surface area (Å²) in [5.41, 5.74) is 3.32. The summed E-state index contributed by atoms with van der Waals surface area (Å²) in [4.78, 5) is 18.5. The number of nitrogens with one attached hydrogen (secondary N) is 1. The molecule has 0 radical (unpaired) electrons. The minimum Gasteiger partial charge on any atom is -0.497 e. The van der Waals surface area contributed by atoms with Gasteiger partial charge in [-0.15, -0.1) is 0 Å². The molecule has 1 fully saturated rings. The van der Waals surface area contributed by atoms with Crippen molar-refractivity contribution in [3.05, 3.63) is 108 Å². The monoisotopic (exact) mass is 499 g/mol. The van der Waals surface area contributed by atoms with Gasteiger partial charge in [0, 0.05) is 18.3 Å². The number of aromatic nitrogens is 1. The van der Waals surface area contributed by atoms with E-state index in [1.165, 1.54) is 7.11 Å². The van der Waals surface area contributed by atoms with Crippen molar-refractivity contribution in [3.63, 3.8) is 0 Å². The second kappa shape index (κ2) is 10.2. The number of nitrogens with zero attached hydrogens (tertiary/aromatic N) is 2. The van der Waals surface area contributed by atoms with Crippen molar-refractivity contribution in [2.75, 3.05) is 14.2 Å². The molecule has 3 heterocycles. The van der Waals surface area contributed by atoms with Gasteiger partial charge in [0.25, 0.3) is 0 Å². The molecule has 2 aromatic carbocycles. The van der Waals surface area contributed by atoms with Crippen LogP contribution >= 0.6 is 12.2 Å². The highest BCUT2D eigenvalue weighted by Crippen LogP contribution is 2.41. The van der Waals surface area contributed by atoms with Crippen LogP contribution in [0.25, 0.3) is 11.3 Å². The third kappa shape index (κ3) is 4.67. The van der Waals surface area contributed by atoms with Gasteiger partial charge in [-0.3, -0.25) is 4.98 Å². The number of ether oxygens (including phenoxy) is 2. The Bertz CT molecular complexity index is 1350. The molecule has 0 aliphatic carbocycles. The van der Waals surface area contributed by atoms with Gasteiger partial charge < -0.3 is 24.1 Å². The molecule has 5 rings (SSSR count). The van der Waals surface area contributed by atoms with Crippen LogP contribution in [-0.2, 0) is 11.3 Å². The first kappa shape index (κ1) is 23.6. The van der Waals surface area contributed by atoms with Gasteiger partial charge in [0.1, 0.15) is 23.3 Å². The van der Waals surface area contributed by atoms with Crippen LogP contribution in [0.3, 0.4) is 0 Å². The highest BCUT2D eigenvalue weighted by Gasteiger charge is 2.41. The second-order valence-corrected chi connectivity index (χ2v) is 8.76. The van der Waals surface area contributed by atoms with Gasteiger partial charge in [-0.1, -0.05) is 30.3 Å². The van der Waals surface area contributed by atoms with Gasteiger partial charge in [0.15, 0.2) is 5.11 Å². The van der Waals surface area contributed by atoms with E-state index in [1.807, 2.05) is 66.7 Å². The maximum absolute atomic E-state index is 11.8. The van der Waals surface area contributed by atoms with Crippen molar-refractivity contribution < 1.29 is 18.7 Å². The molecular weight excluding hydrogens is 474 g/mol. The SMILES string of the molecule is COC(=O)c1ccc(-c2ccc([C@H]3[C@@H](c4ccccn4)NC(=S)N3Cc3ccc(OC)cc3)o2)cc1. The number of methoxy groups -OCH3 is 2. The maximum Gasteiger partial charge on any atom is 0.337 e. The number of hydrogen-bond donors (Lipinski definition) is 1. The first-order valence-corrected chi connectivity index (χ1v) is 11.9. The summed E-state index contributed by atoms with van der Waals surface area (Å²) >= 11 is 5.77. The van der Waals surface area contributed by atoms with Crippen LogP contribution in [0.4, 0.5) is 0 Å². The third-order valence-electron chi connectivity index (χ3n) is 6.22. The van der Waals surface area contributed by atoms with E-state index in [4.69, 9.17) is 26.1 Å². The van der Waals surface area contributed by atoms with Crippen molar-refractivity contribution in [1.29, 1.82) is 0 Å². The molecule has 0 saturated carbocycles. The Kier molecular flexibility index (Phi) is 6.69. The first-order chi connectivity index (χ1) is 17.6. The fourth-order valence-electron chi connectivity index (χ4n) is 4.37. The minimum atomic E-state index is -0.375. The van der Waals surface area contributed by atoms with Crippen LogP contribution in [0.15, 0.2) is 89.5 Å². The standard InChI is InChI=1S/C28H25N3O4S/c1-33-21-12-6-18(7-13-21)17-31-26(25(30-28(31)36)22-5-3-4-16-29-22)24-15-14-23(35-24)19-8-10-20(11-9-19)27(32)34-2/h3-16,25-26H,17H2,1-2H3,(H,30,36)/t25-,26+/m1/s1. The lowest BCUT2D eigenvalue weighted by Crippen LogP contribution is -2.29. The Hall–Kier alpha value is -4.17. The zero-order chi connectivity index (χ0) is 25.1. The Morgan fingerprint density at radius 2 is 1.81 bits per heavy atom. The predicted molar refractivity (Wildman–Crippen MR) is 139 cm³/mol. The zero-order valence-corrected chi connectivity index (χ0v) is 20.7. The quantitative estimate of drug-likeness (QED) is 0.271. The Labute approximate surface area is 214 Å². The van der Waals surface area contributed by atoms with Gasteiger partial charge in [-0.25, -0.2) is 4.79 Å². The number of benzene rings is 2. The molecule has 4 aromatic rings. The first-order valence-electron chi connectivity index (χ1n) is 11.5. The van der Waals surface area contributed by atoms with E-state index in [0.717, 1.165) is 28.3 Å². The number of thiocarbonyl (C=S) groups is 1. The molecule has 0 amide bonds. The molecular formula is C28H25N3O4S. The van der Waals surface area contributed by atoms with Crippen molar-refractivity contribution in [1.82, 2.24) is 15.2 Å². The summed E-state index contributed by atoms with van der Waals surface area (Å²) < 4.78 is 16.5. The van der Waals surface area contributed by atoms with Gasteiger partial charge >= 0.3 is 5.97 Å². The molecule has 1 aliphatic heterocycles. The molecule has 36 heavy (non-hydrogen) atoms. The van der Waals surface area contributed by atoms with Gasteiger partial charge in [0.2, 0.25) is 0 Å². The van der Waals surface area contributed by atoms with E-state index in [1.54, 1.807) is 25.4 Å². The van der Waals surface area contributed by atoms with E-state index in [9.17, 15) is 4.79 Å². The number of pyridine rings is 1. The van der Waals surface area contributed by atoms with E-state index in [2.05, 4.69) is 15.2 Å². The smallest absolute Gasteiger partial charge is 0.337 e. The van der Waals surface area contributed by atoms with Crippen LogP contribution in [0.1, 0.15) is 39.5 Å². The Morgan fingerprint density at radius 3 is 2.47 bits per heavy atom. The number of furan rings is 1. The zero-order valence-electron chi connectivity index (χ0n) is 19.9.